The molecule has 0 radical (unpaired) electrons. The zero-order valence-corrected chi connectivity index (χ0v) is 27.8. The second kappa shape index (κ2) is 14.1. The van der Waals surface area contributed by atoms with Gasteiger partial charge in [0.2, 0.25) is 0 Å². The normalized spacial score (nSPS) is 31.6. The molecule has 4 aliphatic carbocycles. The predicted octanol–water partition coefficient (Wildman–Crippen LogP) is 9.38. The molecule has 1 spiro atoms. The Kier molecular flexibility index (Phi) is 10.9. The van der Waals surface area contributed by atoms with Crippen LogP contribution in [0.1, 0.15) is 139 Å². The Morgan fingerprint density at radius 1 is 0.936 bits per heavy atom. The van der Waals surface area contributed by atoms with Gasteiger partial charge in [0.05, 0.1) is 25.2 Å². The molecule has 5 rings (SSSR count). The minimum absolute atomic E-state index is 0.0476. The zero-order valence-electron chi connectivity index (χ0n) is 27.8. The quantitative estimate of drug-likeness (QED) is 0.0982. The molecule has 0 amide bonds. The summed E-state index contributed by atoms with van der Waals surface area (Å²) in [7, 11) is 1.20. The van der Waals surface area contributed by atoms with Crippen LogP contribution in [0.3, 0.4) is 0 Å². The smallest absolute Gasteiger partial charge is 0.453 e. The van der Waals surface area contributed by atoms with Crippen LogP contribution < -0.4 is 0 Å². The lowest BCUT2D eigenvalue weighted by molar-refractivity contribution is -0.284. The molecule has 3 N–H and O–H groups in total. The van der Waals surface area contributed by atoms with Gasteiger partial charge in [-0.05, 0) is 110 Å². The van der Waals surface area contributed by atoms with Crippen LogP contribution in [0, 0.1) is 34.5 Å². The molecular formula is C37H53F5O5. The number of hydrogen-bond acceptors (Lipinski definition) is 5. The van der Waals surface area contributed by atoms with E-state index in [1.807, 2.05) is 6.07 Å². The maximum absolute atomic E-state index is 13.3. The number of methoxy groups -OCH3 is 1. The number of aliphatic hydroxyl groups is 2. The zero-order chi connectivity index (χ0) is 34.2. The number of halogens is 5. The molecule has 1 aromatic carbocycles. The number of phenols is 1. The van der Waals surface area contributed by atoms with Crippen LogP contribution in [0.4, 0.5) is 22.0 Å². The van der Waals surface area contributed by atoms with Crippen LogP contribution in [0.25, 0.3) is 0 Å². The lowest BCUT2D eigenvalue weighted by Crippen LogP contribution is -2.47. The predicted molar refractivity (Wildman–Crippen MR) is 168 cm³/mol. The average molecular weight is 673 g/mol. The number of phenolic OH excluding ortho intramolecular Hbond substituents is 1. The van der Waals surface area contributed by atoms with Gasteiger partial charge in [0.15, 0.2) is 0 Å². The van der Waals surface area contributed by atoms with Crippen molar-refractivity contribution in [1.82, 2.24) is 0 Å². The Labute approximate surface area is 275 Å². The Hall–Kier alpha value is -1.94. The van der Waals surface area contributed by atoms with Crippen LogP contribution in [0.5, 0.6) is 5.75 Å². The number of carbonyl (C=O) groups excluding carboxylic acids is 1. The first-order valence-electron chi connectivity index (χ1n) is 17.9. The second-order valence-corrected chi connectivity index (χ2v) is 15.4. The Morgan fingerprint density at radius 3 is 2.21 bits per heavy atom. The first-order valence-corrected chi connectivity index (χ1v) is 17.9. The number of aromatic hydroxyl groups is 1. The Bertz CT molecular complexity index is 1230. The van der Waals surface area contributed by atoms with Crippen LogP contribution in [-0.4, -0.2) is 46.6 Å². The van der Waals surface area contributed by atoms with Gasteiger partial charge in [0.25, 0.3) is 0 Å². The van der Waals surface area contributed by atoms with E-state index in [0.717, 1.165) is 82.6 Å². The number of aliphatic hydroxyl groups excluding tert-OH is 2. The number of benzene rings is 1. The molecule has 0 bridgehead atoms. The van der Waals surface area contributed by atoms with Crippen LogP contribution in [0.2, 0.25) is 0 Å². The molecule has 0 heterocycles. The summed E-state index contributed by atoms with van der Waals surface area (Å²) in [6.45, 7) is 2.40. The molecule has 0 aliphatic heterocycles. The Morgan fingerprint density at radius 2 is 1.57 bits per heavy atom. The molecule has 4 aliphatic rings. The van der Waals surface area contributed by atoms with Crippen molar-refractivity contribution >= 4 is 5.97 Å². The van der Waals surface area contributed by atoms with E-state index >= 15 is 0 Å². The van der Waals surface area contributed by atoms with Crippen molar-refractivity contribution < 1.29 is 46.8 Å². The molecule has 266 valence electrons. The van der Waals surface area contributed by atoms with Gasteiger partial charge in [-0.15, -0.1) is 0 Å². The first kappa shape index (κ1) is 36.3. The van der Waals surface area contributed by atoms with Gasteiger partial charge in [-0.2, -0.15) is 22.0 Å². The van der Waals surface area contributed by atoms with Crippen molar-refractivity contribution in [1.29, 1.82) is 0 Å². The van der Waals surface area contributed by atoms with Gasteiger partial charge in [0.1, 0.15) is 5.75 Å². The third kappa shape index (κ3) is 7.06. The number of rotatable bonds is 15. The van der Waals surface area contributed by atoms with Gasteiger partial charge < -0.3 is 20.1 Å². The standard InChI is InChI=1S/C37H53F5O5/c1-34-18-16-26-25-15-14-24(43)21-28(25)32(45)27(31(26)29(34)22-30(44)35(34)19-20-35)13-9-7-5-3-4-6-8-11-23(33(46)47-2)12-10-17-36(38,39)37(40,41)42/h14-15,21,23,26-27,29-32,43-45H,3-13,16-20,22H2,1-2H3/t23?,26?,27-,29?,30+,31?,32-,34-/m0/s1. The summed E-state index contributed by atoms with van der Waals surface area (Å²) in [5, 5.41) is 33.2. The summed E-state index contributed by atoms with van der Waals surface area (Å²) < 4.78 is 68.6. The van der Waals surface area contributed by atoms with E-state index in [2.05, 4.69) is 6.92 Å². The monoisotopic (exact) mass is 672 g/mol. The molecule has 0 saturated heterocycles. The molecule has 5 nitrogen and oxygen atoms in total. The first-order chi connectivity index (χ1) is 22.2. The maximum Gasteiger partial charge on any atom is 0.453 e. The van der Waals surface area contributed by atoms with E-state index in [9.17, 15) is 42.1 Å². The van der Waals surface area contributed by atoms with Crippen molar-refractivity contribution in [3.63, 3.8) is 0 Å². The van der Waals surface area contributed by atoms with Crippen molar-refractivity contribution in [3.8, 4) is 5.75 Å². The fraction of sp³-hybridized carbons (Fsp3) is 0.811. The van der Waals surface area contributed by atoms with E-state index in [4.69, 9.17) is 4.74 Å². The molecular weight excluding hydrogens is 619 g/mol. The minimum atomic E-state index is -5.59. The highest BCUT2D eigenvalue weighted by atomic mass is 19.4. The molecule has 3 saturated carbocycles. The summed E-state index contributed by atoms with van der Waals surface area (Å²) >= 11 is 0. The fourth-order valence-corrected chi connectivity index (χ4v) is 10.3. The van der Waals surface area contributed by atoms with Gasteiger partial charge >= 0.3 is 18.1 Å². The number of esters is 1. The number of ether oxygens (including phenoxy) is 1. The van der Waals surface area contributed by atoms with E-state index in [1.54, 1.807) is 12.1 Å². The van der Waals surface area contributed by atoms with Crippen molar-refractivity contribution in [2.45, 2.75) is 146 Å². The van der Waals surface area contributed by atoms with Crippen LogP contribution >= 0.6 is 0 Å². The van der Waals surface area contributed by atoms with Crippen LogP contribution in [-0.2, 0) is 9.53 Å². The number of carbonyl (C=O) groups is 1. The molecule has 47 heavy (non-hydrogen) atoms. The summed E-state index contributed by atoms with van der Waals surface area (Å²) in [5.74, 6) is -4.75. The third-order valence-corrected chi connectivity index (χ3v) is 13.0. The van der Waals surface area contributed by atoms with Crippen molar-refractivity contribution in [2.75, 3.05) is 7.11 Å². The average Bonchev–Trinajstić information content (AvgIpc) is 3.80. The summed E-state index contributed by atoms with van der Waals surface area (Å²) in [6, 6.07) is 5.48. The third-order valence-electron chi connectivity index (χ3n) is 13.0. The summed E-state index contributed by atoms with van der Waals surface area (Å²) in [5.41, 5.74) is 2.17. The van der Waals surface area contributed by atoms with E-state index < -0.39 is 42.9 Å². The lowest BCUT2D eigenvalue weighted by Gasteiger charge is -2.55. The molecule has 0 aromatic heterocycles. The summed E-state index contributed by atoms with van der Waals surface area (Å²) in [6.07, 6.45) is 4.59. The second-order valence-electron chi connectivity index (χ2n) is 15.4. The van der Waals surface area contributed by atoms with E-state index in [-0.39, 0.29) is 35.0 Å². The minimum Gasteiger partial charge on any atom is -0.508 e. The van der Waals surface area contributed by atoms with Gasteiger partial charge in [-0.1, -0.05) is 57.9 Å². The highest BCUT2D eigenvalue weighted by molar-refractivity contribution is 5.72. The number of fused-ring (bicyclic) bond motifs is 6. The molecule has 4 unspecified atom stereocenters. The number of unbranched alkanes of at least 4 members (excludes halogenated alkanes) is 6. The van der Waals surface area contributed by atoms with Crippen molar-refractivity contribution in [2.24, 2.45) is 34.5 Å². The summed E-state index contributed by atoms with van der Waals surface area (Å²) in [4.78, 5) is 12.1. The molecule has 8 atom stereocenters. The SMILES string of the molecule is COC(=O)C(CCCCCCCCC[C@H]1C2C(CC[C@@]3(C)C2C[C@@H](O)C32CC2)c2ccc(O)cc2[C@H]1O)CCCC(F)(F)C(F)(F)F. The number of hydrogen-bond donors (Lipinski definition) is 3. The van der Waals surface area contributed by atoms with Crippen LogP contribution in [0.15, 0.2) is 18.2 Å². The van der Waals surface area contributed by atoms with Crippen molar-refractivity contribution in [3.05, 3.63) is 29.3 Å². The number of alkyl halides is 5. The highest BCUT2D eigenvalue weighted by Gasteiger charge is 2.71. The van der Waals surface area contributed by atoms with Gasteiger partial charge in [-0.3, -0.25) is 4.79 Å². The largest absolute Gasteiger partial charge is 0.508 e. The Balaban J connectivity index is 1.08. The van der Waals surface area contributed by atoms with E-state index in [0.29, 0.717) is 30.6 Å². The van der Waals surface area contributed by atoms with Gasteiger partial charge in [0, 0.05) is 11.8 Å². The molecule has 1 aromatic rings. The van der Waals surface area contributed by atoms with E-state index in [1.165, 1.54) is 12.7 Å². The maximum atomic E-state index is 13.3. The molecule has 10 heteroatoms. The highest BCUT2D eigenvalue weighted by Crippen LogP contribution is 2.76. The lowest BCUT2D eigenvalue weighted by atomic mass is 9.50. The van der Waals surface area contributed by atoms with Gasteiger partial charge in [-0.25, -0.2) is 0 Å². The fourth-order valence-electron chi connectivity index (χ4n) is 10.3. The topological polar surface area (TPSA) is 87.0 Å². The molecule has 3 fully saturated rings.